The molecule has 0 radical (unpaired) electrons. The number of esters is 1. The van der Waals surface area contributed by atoms with E-state index in [9.17, 15) is 4.79 Å². The van der Waals surface area contributed by atoms with Crippen LogP contribution in [0.5, 0.6) is 0 Å². The van der Waals surface area contributed by atoms with Crippen molar-refractivity contribution in [1.29, 1.82) is 0 Å². The molecule has 0 aliphatic heterocycles. The van der Waals surface area contributed by atoms with Crippen LogP contribution in [0.3, 0.4) is 0 Å². The molecule has 0 aromatic heterocycles. The van der Waals surface area contributed by atoms with Gasteiger partial charge in [0.15, 0.2) is 0 Å². The van der Waals surface area contributed by atoms with Crippen molar-refractivity contribution in [3.8, 4) is 0 Å². The molecule has 0 heterocycles. The van der Waals surface area contributed by atoms with Gasteiger partial charge < -0.3 is 4.74 Å². The second-order valence-corrected chi connectivity index (χ2v) is 10.8. The van der Waals surface area contributed by atoms with Crippen molar-refractivity contribution in [3.63, 3.8) is 0 Å². The van der Waals surface area contributed by atoms with Crippen molar-refractivity contribution in [2.24, 2.45) is 5.92 Å². The van der Waals surface area contributed by atoms with E-state index in [4.69, 9.17) is 4.74 Å². The molecule has 1 aromatic carbocycles. The Hall–Kier alpha value is -1.31. The predicted octanol–water partition coefficient (Wildman–Crippen LogP) is 10.6. The Balaban J connectivity index is 2.21. The van der Waals surface area contributed by atoms with E-state index < -0.39 is 0 Å². The fourth-order valence-corrected chi connectivity index (χ4v) is 4.97. The first-order valence-corrected chi connectivity index (χ1v) is 15.5. The van der Waals surface area contributed by atoms with Crippen LogP contribution in [-0.4, -0.2) is 12.6 Å². The molecular weight excluding hydrogens is 428 g/mol. The molecule has 1 aromatic rings. The molecule has 2 nitrogen and oxygen atoms in total. The molecule has 202 valence electrons. The van der Waals surface area contributed by atoms with E-state index in [0.29, 0.717) is 18.9 Å². The zero-order valence-corrected chi connectivity index (χ0v) is 23.5. The molecule has 35 heavy (non-hydrogen) atoms. The molecule has 1 atom stereocenters. The maximum atomic E-state index is 12.3. The van der Waals surface area contributed by atoms with Crippen LogP contribution >= 0.6 is 0 Å². The highest BCUT2D eigenvalue weighted by molar-refractivity contribution is 5.69. The zero-order valence-electron chi connectivity index (χ0n) is 23.5. The molecule has 0 aliphatic carbocycles. The third kappa shape index (κ3) is 20.6. The van der Waals surface area contributed by atoms with Crippen molar-refractivity contribution in [2.45, 2.75) is 155 Å². The van der Waals surface area contributed by atoms with Crippen LogP contribution < -0.4 is 0 Å². The summed E-state index contributed by atoms with van der Waals surface area (Å²) < 4.78 is 5.75. The van der Waals surface area contributed by atoms with Gasteiger partial charge in [0.05, 0.1) is 6.61 Å². The average Bonchev–Trinajstić information content (AvgIpc) is 2.88. The van der Waals surface area contributed by atoms with Gasteiger partial charge in [-0.2, -0.15) is 0 Å². The van der Waals surface area contributed by atoms with Gasteiger partial charge in [-0.1, -0.05) is 160 Å². The van der Waals surface area contributed by atoms with Gasteiger partial charge in [0.1, 0.15) is 0 Å². The first-order valence-electron chi connectivity index (χ1n) is 15.5. The molecule has 0 saturated carbocycles. The Morgan fingerprint density at radius 1 is 0.629 bits per heavy atom. The van der Waals surface area contributed by atoms with Crippen LogP contribution in [0, 0.1) is 5.92 Å². The third-order valence-electron chi connectivity index (χ3n) is 7.37. The summed E-state index contributed by atoms with van der Waals surface area (Å²) in [6, 6.07) is 10.3. The number of ether oxygens (including phenoxy) is 1. The molecule has 2 heteroatoms. The molecule has 0 N–H and O–H groups in total. The van der Waals surface area contributed by atoms with Crippen molar-refractivity contribution in [3.05, 3.63) is 35.9 Å². The number of hydrogen-bond donors (Lipinski definition) is 0. The first-order chi connectivity index (χ1) is 17.3. The number of rotatable bonds is 25. The summed E-state index contributed by atoms with van der Waals surface area (Å²) in [5.41, 5.74) is 1.21. The Kier molecular flexibility index (Phi) is 22.1. The van der Waals surface area contributed by atoms with Crippen LogP contribution in [0.2, 0.25) is 0 Å². The molecule has 0 saturated heterocycles. The lowest BCUT2D eigenvalue weighted by Crippen LogP contribution is -2.15. The number of benzene rings is 1. The maximum Gasteiger partial charge on any atom is 0.306 e. The normalized spacial score (nSPS) is 12.1. The lowest BCUT2D eigenvalue weighted by atomic mass is 9.94. The molecule has 0 amide bonds. The lowest BCUT2D eigenvalue weighted by molar-refractivity contribution is -0.145. The predicted molar refractivity (Wildman–Crippen MR) is 153 cm³/mol. The first kappa shape index (κ1) is 31.7. The third-order valence-corrected chi connectivity index (χ3v) is 7.37. The van der Waals surface area contributed by atoms with Crippen molar-refractivity contribution >= 4 is 5.97 Å². The Morgan fingerprint density at radius 2 is 1.06 bits per heavy atom. The minimum Gasteiger partial charge on any atom is -0.465 e. The average molecular weight is 487 g/mol. The summed E-state index contributed by atoms with van der Waals surface area (Å²) in [7, 11) is 0. The van der Waals surface area contributed by atoms with E-state index in [1.165, 1.54) is 134 Å². The molecule has 0 spiro atoms. The Labute approximate surface area is 219 Å². The summed E-state index contributed by atoms with van der Waals surface area (Å²) in [5, 5.41) is 0. The van der Waals surface area contributed by atoms with E-state index in [2.05, 4.69) is 26.0 Å². The van der Waals surface area contributed by atoms with Gasteiger partial charge >= 0.3 is 5.97 Å². The van der Waals surface area contributed by atoms with Crippen molar-refractivity contribution in [2.75, 3.05) is 6.61 Å². The quantitative estimate of drug-likeness (QED) is 0.101. The van der Waals surface area contributed by atoms with Crippen LogP contribution in [0.25, 0.3) is 0 Å². The van der Waals surface area contributed by atoms with Gasteiger partial charge in [0.2, 0.25) is 0 Å². The van der Waals surface area contributed by atoms with E-state index >= 15 is 0 Å². The van der Waals surface area contributed by atoms with Crippen LogP contribution in [-0.2, 0) is 16.0 Å². The summed E-state index contributed by atoms with van der Waals surface area (Å²) in [5.74, 6) is 0.516. The van der Waals surface area contributed by atoms with Gasteiger partial charge in [-0.25, -0.2) is 0 Å². The Bertz CT molecular complexity index is 568. The molecule has 0 bridgehead atoms. The minimum absolute atomic E-state index is 0.0298. The highest BCUT2D eigenvalue weighted by Gasteiger charge is 2.12. The van der Waals surface area contributed by atoms with Crippen LogP contribution in [0.1, 0.15) is 154 Å². The molecule has 0 aliphatic rings. The SMILES string of the molecule is CCCCCCCCCCCCC(CCCCCCCCCC)COC(=O)CCc1ccccc1. The van der Waals surface area contributed by atoms with Gasteiger partial charge in [-0.05, 0) is 30.7 Å². The summed E-state index contributed by atoms with van der Waals surface area (Å²) in [6.07, 6.45) is 28.4. The zero-order chi connectivity index (χ0) is 25.2. The summed E-state index contributed by atoms with van der Waals surface area (Å²) in [4.78, 5) is 12.3. The molecule has 0 fully saturated rings. The van der Waals surface area contributed by atoms with Gasteiger partial charge in [0.25, 0.3) is 0 Å². The molecule has 1 rings (SSSR count). The topological polar surface area (TPSA) is 26.3 Å². The summed E-state index contributed by atoms with van der Waals surface area (Å²) >= 11 is 0. The number of aryl methyl sites for hydroxylation is 1. The van der Waals surface area contributed by atoms with Gasteiger partial charge in [-0.15, -0.1) is 0 Å². The number of carbonyl (C=O) groups is 1. The van der Waals surface area contributed by atoms with Crippen LogP contribution in [0.4, 0.5) is 0 Å². The fraction of sp³-hybridized carbons (Fsp3) is 0.788. The lowest BCUT2D eigenvalue weighted by Gasteiger charge is -2.17. The largest absolute Gasteiger partial charge is 0.465 e. The highest BCUT2D eigenvalue weighted by atomic mass is 16.5. The second-order valence-electron chi connectivity index (χ2n) is 10.8. The number of hydrogen-bond acceptors (Lipinski definition) is 2. The van der Waals surface area contributed by atoms with Gasteiger partial charge in [0, 0.05) is 6.42 Å². The van der Waals surface area contributed by atoms with E-state index in [1.54, 1.807) is 0 Å². The molecular formula is C33H58O2. The van der Waals surface area contributed by atoms with E-state index in [0.717, 1.165) is 6.42 Å². The van der Waals surface area contributed by atoms with Crippen molar-refractivity contribution < 1.29 is 9.53 Å². The van der Waals surface area contributed by atoms with Crippen molar-refractivity contribution in [1.82, 2.24) is 0 Å². The number of unbranched alkanes of at least 4 members (excludes halogenated alkanes) is 16. The fourth-order valence-electron chi connectivity index (χ4n) is 4.97. The smallest absolute Gasteiger partial charge is 0.306 e. The summed E-state index contributed by atoms with van der Waals surface area (Å²) in [6.45, 7) is 5.19. The molecule has 1 unspecified atom stereocenters. The minimum atomic E-state index is -0.0298. The maximum absolute atomic E-state index is 12.3. The Morgan fingerprint density at radius 3 is 1.51 bits per heavy atom. The van der Waals surface area contributed by atoms with E-state index in [-0.39, 0.29) is 5.97 Å². The number of carbonyl (C=O) groups excluding carboxylic acids is 1. The van der Waals surface area contributed by atoms with E-state index in [1.807, 2.05) is 18.2 Å². The standard InChI is InChI=1S/C33H58O2/c1-3-5-7-9-11-13-14-16-18-21-27-32(26-20-17-15-12-10-8-6-4-2)30-35-33(34)29-28-31-24-22-19-23-25-31/h19,22-25,32H,3-18,20-21,26-30H2,1-2H3. The monoisotopic (exact) mass is 486 g/mol. The second kappa shape index (κ2) is 24.4. The van der Waals surface area contributed by atoms with Crippen LogP contribution in [0.15, 0.2) is 30.3 Å². The van der Waals surface area contributed by atoms with Gasteiger partial charge in [-0.3, -0.25) is 4.79 Å². The highest BCUT2D eigenvalue weighted by Crippen LogP contribution is 2.20.